The van der Waals surface area contributed by atoms with Crippen molar-refractivity contribution in [3.05, 3.63) is 71.0 Å². The summed E-state index contributed by atoms with van der Waals surface area (Å²) in [4.78, 5) is 12.4. The number of rotatable bonds is 5. The van der Waals surface area contributed by atoms with Crippen LogP contribution in [0.2, 0.25) is 0 Å². The molecule has 3 N–H and O–H groups in total. The molecule has 5 heteroatoms. The number of carbonyl (C=O) groups is 1. The molecule has 3 rings (SSSR count). The summed E-state index contributed by atoms with van der Waals surface area (Å²) in [6, 6.07) is 13.5. The molecule has 0 bridgehead atoms. The smallest absolute Gasteiger partial charge is 0.315 e. The summed E-state index contributed by atoms with van der Waals surface area (Å²) >= 11 is 0. The standard InChI is InChI=1S/C19H21FN2O2/c20-15-8-6-13-7-9-18(16(13)12-15)22-19(24)21-17(10-11-23)14-4-2-1-3-5-14/h1-6,8,12,17-18,23H,7,9-11H2,(H2,21,22,24)/t17-,18?/m1/s1. The van der Waals surface area contributed by atoms with Crippen molar-refractivity contribution in [2.45, 2.75) is 31.3 Å². The third-order valence-electron chi connectivity index (χ3n) is 4.42. The number of aryl methyl sites for hydroxylation is 1. The van der Waals surface area contributed by atoms with Crippen LogP contribution in [0.4, 0.5) is 9.18 Å². The molecule has 4 nitrogen and oxygen atoms in total. The zero-order valence-corrected chi connectivity index (χ0v) is 13.3. The number of urea groups is 1. The molecule has 0 saturated heterocycles. The Hall–Kier alpha value is -2.40. The highest BCUT2D eigenvalue weighted by atomic mass is 19.1. The van der Waals surface area contributed by atoms with E-state index in [0.29, 0.717) is 6.42 Å². The Balaban J connectivity index is 1.66. The lowest BCUT2D eigenvalue weighted by molar-refractivity contribution is 0.226. The van der Waals surface area contributed by atoms with Crippen LogP contribution in [0.1, 0.15) is 41.6 Å². The Morgan fingerprint density at radius 3 is 2.79 bits per heavy atom. The minimum atomic E-state index is -0.306. The topological polar surface area (TPSA) is 61.4 Å². The average Bonchev–Trinajstić information content (AvgIpc) is 2.97. The zero-order chi connectivity index (χ0) is 16.9. The lowest BCUT2D eigenvalue weighted by Gasteiger charge is -2.21. The Morgan fingerprint density at radius 2 is 2.04 bits per heavy atom. The quantitative estimate of drug-likeness (QED) is 0.789. The summed E-state index contributed by atoms with van der Waals surface area (Å²) in [5.41, 5.74) is 2.87. The van der Waals surface area contributed by atoms with Crippen molar-refractivity contribution in [1.29, 1.82) is 0 Å². The van der Waals surface area contributed by atoms with E-state index < -0.39 is 0 Å². The number of nitrogens with one attached hydrogen (secondary N) is 2. The van der Waals surface area contributed by atoms with Crippen LogP contribution in [-0.2, 0) is 6.42 Å². The Kier molecular flexibility index (Phi) is 5.11. The van der Waals surface area contributed by atoms with E-state index in [1.165, 1.54) is 12.1 Å². The highest BCUT2D eigenvalue weighted by Crippen LogP contribution is 2.31. The summed E-state index contributed by atoms with van der Waals surface area (Å²) in [6.07, 6.45) is 2.04. The van der Waals surface area contributed by atoms with Crippen LogP contribution in [0.15, 0.2) is 48.5 Å². The van der Waals surface area contributed by atoms with Gasteiger partial charge in [-0.25, -0.2) is 9.18 Å². The van der Waals surface area contributed by atoms with E-state index in [0.717, 1.165) is 29.5 Å². The molecule has 0 radical (unpaired) electrons. The van der Waals surface area contributed by atoms with Gasteiger partial charge in [-0.1, -0.05) is 36.4 Å². The van der Waals surface area contributed by atoms with Gasteiger partial charge in [0, 0.05) is 6.61 Å². The van der Waals surface area contributed by atoms with E-state index in [2.05, 4.69) is 10.6 Å². The molecule has 0 aliphatic heterocycles. The third kappa shape index (κ3) is 3.74. The number of benzene rings is 2. The van der Waals surface area contributed by atoms with Crippen molar-refractivity contribution in [3.8, 4) is 0 Å². The third-order valence-corrected chi connectivity index (χ3v) is 4.42. The van der Waals surface area contributed by atoms with Gasteiger partial charge in [0.15, 0.2) is 0 Å². The minimum absolute atomic E-state index is 0.0166. The van der Waals surface area contributed by atoms with Crippen molar-refractivity contribution in [1.82, 2.24) is 10.6 Å². The second-order valence-electron chi connectivity index (χ2n) is 6.03. The van der Waals surface area contributed by atoms with Crippen LogP contribution >= 0.6 is 0 Å². The first-order valence-electron chi connectivity index (χ1n) is 8.18. The van der Waals surface area contributed by atoms with E-state index in [1.54, 1.807) is 6.07 Å². The van der Waals surface area contributed by atoms with Gasteiger partial charge in [0.2, 0.25) is 0 Å². The van der Waals surface area contributed by atoms with Gasteiger partial charge in [-0.2, -0.15) is 0 Å². The van der Waals surface area contributed by atoms with E-state index >= 15 is 0 Å². The van der Waals surface area contributed by atoms with Crippen LogP contribution in [0.5, 0.6) is 0 Å². The number of aliphatic hydroxyl groups is 1. The maximum Gasteiger partial charge on any atom is 0.315 e. The van der Waals surface area contributed by atoms with E-state index in [9.17, 15) is 14.3 Å². The van der Waals surface area contributed by atoms with E-state index in [-0.39, 0.29) is 30.5 Å². The molecule has 24 heavy (non-hydrogen) atoms. The molecule has 0 spiro atoms. The SMILES string of the molecule is O=C(NC1CCc2ccc(F)cc21)N[C@H](CCO)c1ccccc1. The number of aliphatic hydroxyl groups excluding tert-OH is 1. The number of hydrogen-bond acceptors (Lipinski definition) is 2. The van der Waals surface area contributed by atoms with Crippen LogP contribution in [-0.4, -0.2) is 17.7 Å². The fourth-order valence-electron chi connectivity index (χ4n) is 3.22. The molecule has 2 atom stereocenters. The van der Waals surface area contributed by atoms with Gasteiger partial charge in [-0.15, -0.1) is 0 Å². The summed E-state index contributed by atoms with van der Waals surface area (Å²) in [7, 11) is 0. The molecule has 0 heterocycles. The van der Waals surface area contributed by atoms with Crippen molar-refractivity contribution < 1.29 is 14.3 Å². The van der Waals surface area contributed by atoms with Crippen molar-refractivity contribution in [2.24, 2.45) is 0 Å². The summed E-state index contributed by atoms with van der Waals surface area (Å²) < 4.78 is 13.4. The van der Waals surface area contributed by atoms with Crippen molar-refractivity contribution in [2.75, 3.05) is 6.61 Å². The largest absolute Gasteiger partial charge is 0.396 e. The van der Waals surface area contributed by atoms with Crippen LogP contribution in [0, 0.1) is 5.82 Å². The molecule has 126 valence electrons. The summed E-state index contributed by atoms with van der Waals surface area (Å²) in [6.45, 7) is -0.0166. The van der Waals surface area contributed by atoms with Crippen molar-refractivity contribution >= 4 is 6.03 Å². The summed E-state index contributed by atoms with van der Waals surface area (Å²) in [5.74, 6) is -0.287. The fourth-order valence-corrected chi connectivity index (χ4v) is 3.22. The highest BCUT2D eigenvalue weighted by Gasteiger charge is 2.25. The molecular weight excluding hydrogens is 307 g/mol. The molecule has 1 unspecified atom stereocenters. The monoisotopic (exact) mass is 328 g/mol. The Morgan fingerprint density at radius 1 is 1.25 bits per heavy atom. The maximum absolute atomic E-state index is 13.4. The molecule has 2 aromatic rings. The van der Waals surface area contributed by atoms with Gasteiger partial charge in [-0.05, 0) is 48.1 Å². The molecule has 1 aliphatic carbocycles. The maximum atomic E-state index is 13.4. The predicted molar refractivity (Wildman–Crippen MR) is 90.0 cm³/mol. The predicted octanol–water partition coefficient (Wildman–Crippen LogP) is 3.24. The summed E-state index contributed by atoms with van der Waals surface area (Å²) in [5, 5.41) is 15.1. The van der Waals surface area contributed by atoms with E-state index in [4.69, 9.17) is 0 Å². The molecule has 0 fully saturated rings. The van der Waals surface area contributed by atoms with Gasteiger partial charge in [-0.3, -0.25) is 0 Å². The van der Waals surface area contributed by atoms with E-state index in [1.807, 2.05) is 30.3 Å². The highest BCUT2D eigenvalue weighted by molar-refractivity contribution is 5.75. The number of fused-ring (bicyclic) bond motifs is 1. The van der Waals surface area contributed by atoms with Gasteiger partial charge in [0.05, 0.1) is 12.1 Å². The lowest BCUT2D eigenvalue weighted by atomic mass is 10.0. The Labute approximate surface area is 140 Å². The molecule has 0 aromatic heterocycles. The van der Waals surface area contributed by atoms with Crippen LogP contribution in [0.25, 0.3) is 0 Å². The van der Waals surface area contributed by atoms with Crippen molar-refractivity contribution in [3.63, 3.8) is 0 Å². The number of carbonyl (C=O) groups excluding carboxylic acids is 1. The fraction of sp³-hybridized carbons (Fsp3) is 0.316. The second kappa shape index (κ2) is 7.45. The first-order chi connectivity index (χ1) is 11.7. The number of amides is 2. The first kappa shape index (κ1) is 16.5. The molecular formula is C19H21FN2O2. The molecule has 0 saturated carbocycles. The van der Waals surface area contributed by atoms with Gasteiger partial charge in [0.25, 0.3) is 0 Å². The van der Waals surface area contributed by atoms with Gasteiger partial charge >= 0.3 is 6.03 Å². The first-order valence-corrected chi connectivity index (χ1v) is 8.18. The lowest BCUT2D eigenvalue weighted by Crippen LogP contribution is -2.39. The normalized spacial score (nSPS) is 17.2. The van der Waals surface area contributed by atoms with Crippen LogP contribution in [0.3, 0.4) is 0 Å². The number of hydrogen-bond donors (Lipinski definition) is 3. The molecule has 2 amide bonds. The minimum Gasteiger partial charge on any atom is -0.396 e. The number of halogens is 1. The second-order valence-corrected chi connectivity index (χ2v) is 6.03. The van der Waals surface area contributed by atoms with Gasteiger partial charge < -0.3 is 15.7 Å². The molecule has 1 aliphatic rings. The molecule has 2 aromatic carbocycles. The van der Waals surface area contributed by atoms with Crippen LogP contribution < -0.4 is 10.6 Å². The Bertz CT molecular complexity index is 706. The zero-order valence-electron chi connectivity index (χ0n) is 13.3. The van der Waals surface area contributed by atoms with Gasteiger partial charge in [0.1, 0.15) is 5.82 Å². The average molecular weight is 328 g/mol.